The Labute approximate surface area is 154 Å². The highest BCUT2D eigenvalue weighted by atomic mass is 16.5. The first-order valence-corrected chi connectivity index (χ1v) is 9.37. The molecule has 2 aromatic heterocycles. The van der Waals surface area contributed by atoms with Crippen molar-refractivity contribution in [1.29, 1.82) is 0 Å². The molecule has 0 spiro atoms. The topological polar surface area (TPSA) is 84.3 Å². The smallest absolute Gasteiger partial charge is 0.243 e. The molecule has 1 atom stereocenters. The lowest BCUT2D eigenvalue weighted by atomic mass is 9.97. The first kappa shape index (κ1) is 19.0. The first-order chi connectivity index (χ1) is 12.2. The molecule has 0 aromatic carbocycles. The third-order valence-electron chi connectivity index (χ3n) is 4.76. The van der Waals surface area contributed by atoms with Gasteiger partial charge in [0.2, 0.25) is 11.8 Å². The van der Waals surface area contributed by atoms with Crippen LogP contribution in [0.4, 0.5) is 0 Å². The second-order valence-corrected chi connectivity index (χ2v) is 8.40. The van der Waals surface area contributed by atoms with E-state index in [0.717, 1.165) is 44.4 Å². The van der Waals surface area contributed by atoms with E-state index in [4.69, 9.17) is 9.05 Å². The molecule has 1 saturated heterocycles. The van der Waals surface area contributed by atoms with Gasteiger partial charge in [-0.25, -0.2) is 0 Å². The number of rotatable bonds is 5. The van der Waals surface area contributed by atoms with Crippen molar-refractivity contribution in [2.75, 3.05) is 26.2 Å². The molecule has 0 radical (unpaired) electrons. The van der Waals surface area contributed by atoms with E-state index >= 15 is 0 Å². The Morgan fingerprint density at radius 1 is 0.962 bits per heavy atom. The summed E-state index contributed by atoms with van der Waals surface area (Å²) >= 11 is 0. The van der Waals surface area contributed by atoms with Gasteiger partial charge in [-0.2, -0.15) is 9.97 Å². The quantitative estimate of drug-likeness (QED) is 0.803. The van der Waals surface area contributed by atoms with E-state index in [1.165, 1.54) is 0 Å². The van der Waals surface area contributed by atoms with Crippen LogP contribution in [0.5, 0.6) is 0 Å². The van der Waals surface area contributed by atoms with Gasteiger partial charge in [0.05, 0.1) is 12.6 Å². The molecule has 1 fully saturated rings. The molecule has 0 N–H and O–H groups in total. The predicted octanol–water partition coefficient (Wildman–Crippen LogP) is 2.75. The molecule has 0 saturated carbocycles. The molecular weight excluding hydrogens is 332 g/mol. The summed E-state index contributed by atoms with van der Waals surface area (Å²) in [6.07, 6.45) is 0. The maximum Gasteiger partial charge on any atom is 0.243 e. The Bertz CT molecular complexity index is 709. The van der Waals surface area contributed by atoms with Crippen molar-refractivity contribution in [1.82, 2.24) is 30.1 Å². The maximum absolute atomic E-state index is 5.45. The van der Waals surface area contributed by atoms with Gasteiger partial charge in [-0.05, 0) is 6.92 Å². The van der Waals surface area contributed by atoms with Gasteiger partial charge in [0, 0.05) is 37.5 Å². The Balaban J connectivity index is 1.53. The lowest BCUT2D eigenvalue weighted by molar-refractivity contribution is 0.0827. The monoisotopic (exact) mass is 362 g/mol. The zero-order valence-electron chi connectivity index (χ0n) is 16.7. The predicted molar refractivity (Wildman–Crippen MR) is 96.7 cm³/mol. The fourth-order valence-electron chi connectivity index (χ4n) is 2.94. The third kappa shape index (κ3) is 4.29. The molecule has 1 aliphatic rings. The van der Waals surface area contributed by atoms with Crippen LogP contribution >= 0.6 is 0 Å². The van der Waals surface area contributed by atoms with Gasteiger partial charge in [-0.1, -0.05) is 44.9 Å². The van der Waals surface area contributed by atoms with E-state index in [-0.39, 0.29) is 17.4 Å². The lowest BCUT2D eigenvalue weighted by Crippen LogP contribution is -2.46. The van der Waals surface area contributed by atoms with E-state index in [1.807, 2.05) is 0 Å². The van der Waals surface area contributed by atoms with Crippen molar-refractivity contribution >= 4 is 0 Å². The highest BCUT2D eigenvalue weighted by molar-refractivity contribution is 4.99. The number of nitrogens with zero attached hydrogens (tertiary/aromatic N) is 6. The molecule has 0 aliphatic carbocycles. The number of piperazine rings is 1. The van der Waals surface area contributed by atoms with Crippen molar-refractivity contribution in [3.05, 3.63) is 23.4 Å². The summed E-state index contributed by atoms with van der Waals surface area (Å²) in [4.78, 5) is 13.8. The average Bonchev–Trinajstić information content (AvgIpc) is 3.24. The van der Waals surface area contributed by atoms with Crippen LogP contribution in [0, 0.1) is 0 Å². The molecule has 3 heterocycles. The Kier molecular flexibility index (Phi) is 5.43. The van der Waals surface area contributed by atoms with E-state index in [1.54, 1.807) is 0 Å². The third-order valence-corrected chi connectivity index (χ3v) is 4.76. The summed E-state index contributed by atoms with van der Waals surface area (Å²) in [6.45, 7) is 17.0. The molecule has 2 aromatic rings. The normalized spacial score (nSPS) is 18.6. The van der Waals surface area contributed by atoms with Crippen LogP contribution in [-0.4, -0.2) is 56.3 Å². The minimum atomic E-state index is -0.113. The van der Waals surface area contributed by atoms with Crippen LogP contribution in [0.2, 0.25) is 0 Å². The Hall–Kier alpha value is -1.80. The van der Waals surface area contributed by atoms with E-state index < -0.39 is 0 Å². The van der Waals surface area contributed by atoms with Crippen LogP contribution in [0.15, 0.2) is 9.05 Å². The second kappa shape index (κ2) is 7.44. The van der Waals surface area contributed by atoms with Gasteiger partial charge >= 0.3 is 0 Å². The van der Waals surface area contributed by atoms with Crippen molar-refractivity contribution in [2.45, 2.75) is 65.5 Å². The number of hydrogen-bond acceptors (Lipinski definition) is 8. The fourth-order valence-corrected chi connectivity index (χ4v) is 2.94. The SMILES string of the molecule is CC(C)c1noc([C@H](C)N2CCN(Cc3noc(C(C)(C)C)n3)CC2)n1. The van der Waals surface area contributed by atoms with Gasteiger partial charge in [0.1, 0.15) is 0 Å². The Morgan fingerprint density at radius 2 is 1.65 bits per heavy atom. The van der Waals surface area contributed by atoms with E-state index in [2.05, 4.69) is 71.6 Å². The van der Waals surface area contributed by atoms with E-state index in [0.29, 0.717) is 11.8 Å². The van der Waals surface area contributed by atoms with Gasteiger partial charge in [0.25, 0.3) is 0 Å². The van der Waals surface area contributed by atoms with Crippen molar-refractivity contribution < 1.29 is 9.05 Å². The van der Waals surface area contributed by atoms with Gasteiger partial charge in [-0.3, -0.25) is 9.80 Å². The van der Waals surface area contributed by atoms with Crippen molar-refractivity contribution in [3.8, 4) is 0 Å². The maximum atomic E-state index is 5.45. The summed E-state index contributed by atoms with van der Waals surface area (Å²) in [5.41, 5.74) is -0.113. The molecule has 0 unspecified atom stereocenters. The molecular formula is C18H30N6O2. The van der Waals surface area contributed by atoms with Crippen LogP contribution in [0.25, 0.3) is 0 Å². The zero-order valence-corrected chi connectivity index (χ0v) is 16.7. The van der Waals surface area contributed by atoms with Crippen LogP contribution < -0.4 is 0 Å². The minimum Gasteiger partial charge on any atom is -0.339 e. The number of aromatic nitrogens is 4. The molecule has 0 amide bonds. The molecule has 8 nitrogen and oxygen atoms in total. The molecule has 3 rings (SSSR count). The molecule has 0 bridgehead atoms. The first-order valence-electron chi connectivity index (χ1n) is 9.37. The van der Waals surface area contributed by atoms with Gasteiger partial charge < -0.3 is 9.05 Å². The largest absolute Gasteiger partial charge is 0.339 e. The van der Waals surface area contributed by atoms with Crippen molar-refractivity contribution in [3.63, 3.8) is 0 Å². The second-order valence-electron chi connectivity index (χ2n) is 8.40. The minimum absolute atomic E-state index is 0.113. The van der Waals surface area contributed by atoms with E-state index in [9.17, 15) is 0 Å². The van der Waals surface area contributed by atoms with Crippen LogP contribution in [0.1, 0.15) is 76.9 Å². The molecule has 144 valence electrons. The lowest BCUT2D eigenvalue weighted by Gasteiger charge is -2.36. The Morgan fingerprint density at radius 3 is 2.19 bits per heavy atom. The molecule has 8 heteroatoms. The number of hydrogen-bond donors (Lipinski definition) is 0. The van der Waals surface area contributed by atoms with Gasteiger partial charge in [0.15, 0.2) is 11.6 Å². The average molecular weight is 362 g/mol. The van der Waals surface area contributed by atoms with Gasteiger partial charge in [-0.15, -0.1) is 0 Å². The highest BCUT2D eigenvalue weighted by Gasteiger charge is 2.27. The summed E-state index contributed by atoms with van der Waals surface area (Å²) in [5, 5.41) is 8.20. The highest BCUT2D eigenvalue weighted by Crippen LogP contribution is 2.23. The summed E-state index contributed by atoms with van der Waals surface area (Å²) in [6, 6.07) is 0.134. The molecule has 26 heavy (non-hydrogen) atoms. The summed E-state index contributed by atoms with van der Waals surface area (Å²) in [7, 11) is 0. The van der Waals surface area contributed by atoms with Crippen molar-refractivity contribution in [2.24, 2.45) is 0 Å². The summed E-state index contributed by atoms with van der Waals surface area (Å²) < 4.78 is 10.8. The summed E-state index contributed by atoms with van der Waals surface area (Å²) in [5.74, 6) is 3.21. The zero-order chi connectivity index (χ0) is 18.9. The fraction of sp³-hybridized carbons (Fsp3) is 0.778. The van der Waals surface area contributed by atoms with Crippen LogP contribution in [-0.2, 0) is 12.0 Å². The standard InChI is InChI=1S/C18H30N6O2/c1-12(2)15-20-16(25-22-15)13(3)24-9-7-23(8-10-24)11-14-19-17(26-21-14)18(4,5)6/h12-13H,7-11H2,1-6H3/t13-/m0/s1. The van der Waals surface area contributed by atoms with Crippen LogP contribution in [0.3, 0.4) is 0 Å². The molecule has 1 aliphatic heterocycles.